The summed E-state index contributed by atoms with van der Waals surface area (Å²) in [7, 11) is 0. The van der Waals surface area contributed by atoms with Gasteiger partial charge in [0.1, 0.15) is 0 Å². The molecule has 1 saturated carbocycles. The van der Waals surface area contributed by atoms with Crippen LogP contribution in [0.2, 0.25) is 0 Å². The van der Waals surface area contributed by atoms with Gasteiger partial charge >= 0.3 is 0 Å². The van der Waals surface area contributed by atoms with Crippen molar-refractivity contribution < 1.29 is 0 Å². The van der Waals surface area contributed by atoms with Crippen LogP contribution in [0, 0.1) is 12.8 Å². The fourth-order valence-corrected chi connectivity index (χ4v) is 4.42. The van der Waals surface area contributed by atoms with E-state index in [9.17, 15) is 0 Å². The minimum absolute atomic E-state index is 0.516. The third-order valence-corrected chi connectivity index (χ3v) is 5.59. The third-order valence-electron chi connectivity index (χ3n) is 4.32. The van der Waals surface area contributed by atoms with Crippen LogP contribution >= 0.6 is 11.8 Å². The van der Waals surface area contributed by atoms with Gasteiger partial charge in [-0.15, -0.1) is 0 Å². The van der Waals surface area contributed by atoms with Gasteiger partial charge in [0.05, 0.1) is 0 Å². The molecule has 2 heteroatoms. The van der Waals surface area contributed by atoms with E-state index in [1.165, 1.54) is 54.7 Å². The fourth-order valence-electron chi connectivity index (χ4n) is 3.08. The van der Waals surface area contributed by atoms with Gasteiger partial charge in [0, 0.05) is 11.8 Å². The van der Waals surface area contributed by atoms with Crippen LogP contribution in [0.5, 0.6) is 0 Å². The molecule has 0 radical (unpaired) electrons. The first kappa shape index (κ1) is 15.9. The minimum atomic E-state index is 0.516. The highest BCUT2D eigenvalue weighted by Gasteiger charge is 2.17. The van der Waals surface area contributed by atoms with Gasteiger partial charge in [-0.25, -0.2) is 0 Å². The van der Waals surface area contributed by atoms with Crippen LogP contribution in [0.4, 0.5) is 0 Å². The van der Waals surface area contributed by atoms with Crippen molar-refractivity contribution in [2.75, 3.05) is 18.1 Å². The average molecular weight is 292 g/mol. The van der Waals surface area contributed by atoms with Gasteiger partial charge in [-0.1, -0.05) is 44.0 Å². The van der Waals surface area contributed by atoms with Gasteiger partial charge < -0.3 is 5.32 Å². The number of rotatable bonds is 8. The Morgan fingerprint density at radius 1 is 1.25 bits per heavy atom. The smallest absolute Gasteiger partial charge is 0.0414 e. The Morgan fingerprint density at radius 3 is 2.70 bits per heavy atom. The highest BCUT2D eigenvalue weighted by Crippen LogP contribution is 2.30. The topological polar surface area (TPSA) is 12.0 Å². The number of nitrogens with one attached hydrogen (secondary N) is 1. The number of hydrogen-bond acceptors (Lipinski definition) is 2. The lowest BCUT2D eigenvalue weighted by Gasteiger charge is -2.21. The normalized spacial score (nSPS) is 17.5. The van der Waals surface area contributed by atoms with E-state index in [2.05, 4.69) is 55.2 Å². The van der Waals surface area contributed by atoms with Crippen LogP contribution in [-0.4, -0.2) is 18.1 Å². The quantitative estimate of drug-likeness (QED) is 0.726. The molecule has 0 amide bonds. The molecule has 1 nitrogen and oxygen atoms in total. The number of aryl methyl sites for hydroxylation is 1. The van der Waals surface area contributed by atoms with E-state index in [0.29, 0.717) is 6.04 Å². The summed E-state index contributed by atoms with van der Waals surface area (Å²) in [4.78, 5) is 0. The van der Waals surface area contributed by atoms with Crippen LogP contribution < -0.4 is 5.32 Å². The molecule has 1 N–H and O–H groups in total. The molecular weight excluding hydrogens is 262 g/mol. The predicted molar refractivity (Wildman–Crippen MR) is 91.5 cm³/mol. The van der Waals surface area contributed by atoms with Crippen molar-refractivity contribution in [3.8, 4) is 0 Å². The van der Waals surface area contributed by atoms with Crippen LogP contribution in [0.3, 0.4) is 0 Å². The summed E-state index contributed by atoms with van der Waals surface area (Å²) in [5.74, 6) is 3.56. The lowest BCUT2D eigenvalue weighted by atomic mass is 10.0. The van der Waals surface area contributed by atoms with Crippen molar-refractivity contribution in [1.29, 1.82) is 0 Å². The van der Waals surface area contributed by atoms with Gasteiger partial charge in [0.15, 0.2) is 0 Å². The average Bonchev–Trinajstić information content (AvgIpc) is 2.97. The first-order chi connectivity index (χ1) is 9.81. The maximum absolute atomic E-state index is 3.73. The Labute approximate surface area is 128 Å². The van der Waals surface area contributed by atoms with E-state index in [1.54, 1.807) is 0 Å². The van der Waals surface area contributed by atoms with Gasteiger partial charge in [-0.05, 0) is 55.5 Å². The molecule has 0 heterocycles. The lowest BCUT2D eigenvalue weighted by molar-refractivity contribution is 0.572. The molecule has 0 aromatic heterocycles. The summed E-state index contributed by atoms with van der Waals surface area (Å²) in [6.07, 6.45) is 7.05. The first-order valence-corrected chi connectivity index (χ1v) is 9.33. The van der Waals surface area contributed by atoms with Gasteiger partial charge in [-0.3, -0.25) is 0 Å². The molecule has 1 aromatic carbocycles. The zero-order valence-corrected chi connectivity index (χ0v) is 13.8. The Hall–Kier alpha value is -0.470. The number of thioether (sulfide) groups is 1. The zero-order chi connectivity index (χ0) is 14.2. The fraction of sp³-hybridized carbons (Fsp3) is 0.667. The molecule has 0 bridgehead atoms. The molecule has 2 rings (SSSR count). The monoisotopic (exact) mass is 291 g/mol. The van der Waals surface area contributed by atoms with Crippen LogP contribution in [-0.2, 0) is 0 Å². The molecule has 1 aliphatic rings. The predicted octanol–water partition coefficient (Wildman–Crippen LogP) is 4.96. The molecule has 1 aromatic rings. The molecule has 0 spiro atoms. The molecule has 1 unspecified atom stereocenters. The molecule has 1 fully saturated rings. The third kappa shape index (κ3) is 4.82. The van der Waals surface area contributed by atoms with E-state index >= 15 is 0 Å². The molecule has 1 atom stereocenters. The first-order valence-electron chi connectivity index (χ1n) is 8.18. The van der Waals surface area contributed by atoms with Crippen molar-refractivity contribution in [3.63, 3.8) is 0 Å². The van der Waals surface area contributed by atoms with Gasteiger partial charge in [-0.2, -0.15) is 11.8 Å². The van der Waals surface area contributed by atoms with E-state index in [4.69, 9.17) is 0 Å². The highest BCUT2D eigenvalue weighted by molar-refractivity contribution is 7.99. The second kappa shape index (κ2) is 8.74. The van der Waals surface area contributed by atoms with Crippen LogP contribution in [0.1, 0.15) is 56.2 Å². The summed E-state index contributed by atoms with van der Waals surface area (Å²) in [6, 6.07) is 9.35. The maximum atomic E-state index is 3.73. The van der Waals surface area contributed by atoms with E-state index in [-0.39, 0.29) is 0 Å². The van der Waals surface area contributed by atoms with E-state index in [0.717, 1.165) is 12.5 Å². The summed E-state index contributed by atoms with van der Waals surface area (Å²) in [5.41, 5.74) is 2.91. The van der Waals surface area contributed by atoms with Crippen LogP contribution in [0.25, 0.3) is 0 Å². The van der Waals surface area contributed by atoms with Crippen LogP contribution in [0.15, 0.2) is 24.3 Å². The van der Waals surface area contributed by atoms with Gasteiger partial charge in [0.25, 0.3) is 0 Å². The Bertz CT molecular complexity index is 385. The van der Waals surface area contributed by atoms with Crippen molar-refractivity contribution in [1.82, 2.24) is 5.32 Å². The number of benzene rings is 1. The largest absolute Gasteiger partial charge is 0.309 e. The second-order valence-electron chi connectivity index (χ2n) is 6.05. The summed E-state index contributed by atoms with van der Waals surface area (Å²) >= 11 is 2.15. The van der Waals surface area contributed by atoms with Crippen molar-refractivity contribution in [2.24, 2.45) is 5.92 Å². The standard InChI is InChI=1S/C18H29NS/c1-3-12-19-18(17-11-7-4-8-15(17)2)14-20-13-16-9-5-6-10-16/h4,7-8,11,16,18-19H,3,5-6,9-10,12-14H2,1-2H3. The molecule has 20 heavy (non-hydrogen) atoms. The Kier molecular flexibility index (Phi) is 6.95. The Balaban J connectivity index is 1.87. The van der Waals surface area contributed by atoms with Crippen molar-refractivity contribution in [2.45, 2.75) is 52.0 Å². The lowest BCUT2D eigenvalue weighted by Crippen LogP contribution is -2.25. The Morgan fingerprint density at radius 2 is 2.00 bits per heavy atom. The van der Waals surface area contributed by atoms with Gasteiger partial charge in [0.2, 0.25) is 0 Å². The summed E-state index contributed by atoms with van der Waals surface area (Å²) < 4.78 is 0. The minimum Gasteiger partial charge on any atom is -0.309 e. The number of hydrogen-bond donors (Lipinski definition) is 1. The highest BCUT2D eigenvalue weighted by atomic mass is 32.2. The zero-order valence-electron chi connectivity index (χ0n) is 13.0. The summed E-state index contributed by atoms with van der Waals surface area (Å²) in [5, 5.41) is 3.73. The molecule has 0 saturated heterocycles. The van der Waals surface area contributed by atoms with Crippen molar-refractivity contribution >= 4 is 11.8 Å². The van der Waals surface area contributed by atoms with E-state index in [1.807, 2.05) is 0 Å². The SMILES string of the molecule is CCCNC(CSCC1CCCC1)c1ccccc1C. The molecular formula is C18H29NS. The maximum Gasteiger partial charge on any atom is 0.0414 e. The van der Waals surface area contributed by atoms with E-state index < -0.39 is 0 Å². The molecule has 1 aliphatic carbocycles. The van der Waals surface area contributed by atoms with Crippen molar-refractivity contribution in [3.05, 3.63) is 35.4 Å². The second-order valence-corrected chi connectivity index (χ2v) is 7.13. The molecule has 0 aliphatic heterocycles. The summed E-state index contributed by atoms with van der Waals surface area (Å²) in [6.45, 7) is 5.59. The molecule has 112 valence electrons.